The number of imidazole rings is 1. The molecule has 0 saturated carbocycles. The second kappa shape index (κ2) is 6.27. The first-order valence-electron chi connectivity index (χ1n) is 8.25. The van der Waals surface area contributed by atoms with Crippen LogP contribution in [0.3, 0.4) is 0 Å². The van der Waals surface area contributed by atoms with Crippen LogP contribution in [0.25, 0.3) is 11.0 Å². The van der Waals surface area contributed by atoms with Crippen molar-refractivity contribution in [1.82, 2.24) is 14.9 Å². The average molecular weight is 346 g/mol. The third kappa shape index (κ3) is 3.84. The van der Waals surface area contributed by atoms with Crippen LogP contribution in [0.1, 0.15) is 33.6 Å². The van der Waals surface area contributed by atoms with E-state index in [0.29, 0.717) is 29.7 Å². The van der Waals surface area contributed by atoms with Gasteiger partial charge in [0, 0.05) is 12.2 Å². The summed E-state index contributed by atoms with van der Waals surface area (Å²) < 4.78 is 5.38. The average Bonchev–Trinajstić information content (AvgIpc) is 3.10. The molecule has 2 aromatic rings. The molecular weight excluding hydrogens is 324 g/mol. The Labute approximate surface area is 144 Å². The second-order valence-corrected chi connectivity index (χ2v) is 7.16. The van der Waals surface area contributed by atoms with Crippen molar-refractivity contribution in [3.05, 3.63) is 28.7 Å². The van der Waals surface area contributed by atoms with Crippen molar-refractivity contribution < 1.29 is 14.3 Å². The molecule has 1 saturated heterocycles. The highest BCUT2D eigenvalue weighted by atomic mass is 16.6. The third-order valence-electron chi connectivity index (χ3n) is 3.97. The maximum absolute atomic E-state index is 12.6. The molecule has 3 N–H and O–H groups in total. The van der Waals surface area contributed by atoms with E-state index in [1.807, 2.05) is 0 Å². The van der Waals surface area contributed by atoms with Gasteiger partial charge in [-0.15, -0.1) is 0 Å². The summed E-state index contributed by atoms with van der Waals surface area (Å²) in [6.07, 6.45) is 0.867. The topological polar surface area (TPSA) is 107 Å². The van der Waals surface area contributed by atoms with Crippen LogP contribution >= 0.6 is 0 Å². The molecule has 0 aliphatic carbocycles. The molecule has 3 rings (SSSR count). The van der Waals surface area contributed by atoms with Crippen LogP contribution in [-0.4, -0.2) is 45.1 Å². The summed E-state index contributed by atoms with van der Waals surface area (Å²) >= 11 is 0. The van der Waals surface area contributed by atoms with E-state index in [1.165, 1.54) is 4.90 Å². The Balaban J connectivity index is 1.72. The van der Waals surface area contributed by atoms with E-state index in [0.717, 1.165) is 6.42 Å². The highest BCUT2D eigenvalue weighted by Gasteiger charge is 2.36. The van der Waals surface area contributed by atoms with E-state index >= 15 is 0 Å². The summed E-state index contributed by atoms with van der Waals surface area (Å²) in [6.45, 7) is 5.88. The number of carbonyl (C=O) groups is 2. The van der Waals surface area contributed by atoms with Crippen LogP contribution in [0.4, 0.5) is 10.5 Å². The van der Waals surface area contributed by atoms with Gasteiger partial charge in [-0.1, -0.05) is 0 Å². The lowest BCUT2D eigenvalue weighted by Gasteiger charge is -2.28. The van der Waals surface area contributed by atoms with Crippen molar-refractivity contribution in [2.24, 2.45) is 0 Å². The van der Waals surface area contributed by atoms with E-state index in [1.54, 1.807) is 39.0 Å². The molecule has 25 heavy (non-hydrogen) atoms. The molecular formula is C17H22N4O4. The molecule has 1 atom stereocenters. The zero-order chi connectivity index (χ0) is 18.2. The van der Waals surface area contributed by atoms with E-state index in [9.17, 15) is 14.4 Å². The van der Waals surface area contributed by atoms with Gasteiger partial charge in [0.1, 0.15) is 11.6 Å². The van der Waals surface area contributed by atoms with Crippen LogP contribution < -0.4 is 11.0 Å². The third-order valence-corrected chi connectivity index (χ3v) is 3.97. The number of rotatable bonds is 2. The van der Waals surface area contributed by atoms with Gasteiger partial charge in [-0.25, -0.2) is 9.59 Å². The van der Waals surface area contributed by atoms with E-state index in [-0.39, 0.29) is 11.6 Å². The van der Waals surface area contributed by atoms with Gasteiger partial charge >= 0.3 is 11.8 Å². The molecule has 0 radical (unpaired) electrons. The number of aromatic nitrogens is 2. The first kappa shape index (κ1) is 17.1. The van der Waals surface area contributed by atoms with Crippen molar-refractivity contribution >= 4 is 28.7 Å². The number of hydrogen-bond donors (Lipinski definition) is 3. The number of likely N-dealkylation sites (tertiary alicyclic amines) is 1. The summed E-state index contributed by atoms with van der Waals surface area (Å²) in [6, 6.07) is 4.54. The zero-order valence-electron chi connectivity index (χ0n) is 14.5. The smallest absolute Gasteiger partial charge is 0.410 e. The number of ether oxygens (including phenoxy) is 1. The number of nitrogens with one attached hydrogen (secondary N) is 3. The molecule has 0 bridgehead atoms. The number of amides is 2. The van der Waals surface area contributed by atoms with E-state index in [2.05, 4.69) is 15.3 Å². The summed E-state index contributed by atoms with van der Waals surface area (Å²) in [5, 5.41) is 2.81. The molecule has 1 aromatic heterocycles. The highest BCUT2D eigenvalue weighted by Crippen LogP contribution is 2.23. The van der Waals surface area contributed by atoms with Crippen LogP contribution in [0.15, 0.2) is 23.0 Å². The van der Waals surface area contributed by atoms with Gasteiger partial charge in [0.2, 0.25) is 5.91 Å². The first-order valence-corrected chi connectivity index (χ1v) is 8.25. The minimum atomic E-state index is -0.605. The molecule has 8 nitrogen and oxygen atoms in total. The first-order chi connectivity index (χ1) is 11.7. The lowest BCUT2D eigenvalue weighted by Crippen LogP contribution is -2.45. The van der Waals surface area contributed by atoms with Crippen molar-refractivity contribution in [3.8, 4) is 0 Å². The van der Waals surface area contributed by atoms with Gasteiger partial charge in [0.15, 0.2) is 0 Å². The molecule has 1 aromatic carbocycles. The van der Waals surface area contributed by atoms with E-state index < -0.39 is 17.7 Å². The fraction of sp³-hybridized carbons (Fsp3) is 0.471. The summed E-state index contributed by atoms with van der Waals surface area (Å²) in [5.74, 6) is -0.263. The number of aromatic amines is 2. The molecule has 1 aliphatic rings. The predicted octanol–water partition coefficient (Wildman–Crippen LogP) is 2.19. The van der Waals surface area contributed by atoms with Gasteiger partial charge in [0.05, 0.1) is 11.0 Å². The van der Waals surface area contributed by atoms with Gasteiger partial charge in [-0.05, 0) is 51.8 Å². The van der Waals surface area contributed by atoms with E-state index in [4.69, 9.17) is 4.74 Å². The van der Waals surface area contributed by atoms with Gasteiger partial charge in [-0.2, -0.15) is 0 Å². The number of carbonyl (C=O) groups excluding carboxylic acids is 2. The molecule has 8 heteroatoms. The number of hydrogen-bond acceptors (Lipinski definition) is 4. The predicted molar refractivity (Wildman–Crippen MR) is 93.5 cm³/mol. The van der Waals surface area contributed by atoms with Crippen LogP contribution in [0.5, 0.6) is 0 Å². The molecule has 1 aliphatic heterocycles. The number of benzene rings is 1. The standard InChI is InChI=1S/C17H22N4O4/c1-17(2,3)25-16(24)21-8-4-5-13(21)14(22)18-10-6-7-11-12(9-10)20-15(23)19-11/h6-7,9,13H,4-5,8H2,1-3H3,(H,18,22)(H2,19,20,23). The van der Waals surface area contributed by atoms with Crippen LogP contribution in [-0.2, 0) is 9.53 Å². The maximum atomic E-state index is 12.6. The second-order valence-electron chi connectivity index (χ2n) is 7.16. The summed E-state index contributed by atoms with van der Waals surface area (Å²) in [7, 11) is 0. The Bertz CT molecular complexity index is 861. The quantitative estimate of drug-likeness (QED) is 0.775. The van der Waals surface area contributed by atoms with Gasteiger partial charge < -0.3 is 20.0 Å². The molecule has 1 fully saturated rings. The molecule has 134 valence electrons. The Morgan fingerprint density at radius 2 is 1.96 bits per heavy atom. The normalized spacial score (nSPS) is 17.7. The van der Waals surface area contributed by atoms with Crippen molar-refractivity contribution in [1.29, 1.82) is 0 Å². The number of fused-ring (bicyclic) bond motifs is 1. The summed E-state index contributed by atoms with van der Waals surface area (Å²) in [5.41, 5.74) is 0.929. The number of H-pyrrole nitrogens is 2. The largest absolute Gasteiger partial charge is 0.444 e. The monoisotopic (exact) mass is 346 g/mol. The van der Waals surface area contributed by atoms with Crippen molar-refractivity contribution in [2.75, 3.05) is 11.9 Å². The molecule has 2 heterocycles. The summed E-state index contributed by atoms with van der Waals surface area (Å²) in [4.78, 5) is 43.0. The fourth-order valence-corrected chi connectivity index (χ4v) is 2.91. The van der Waals surface area contributed by atoms with Crippen LogP contribution in [0.2, 0.25) is 0 Å². The highest BCUT2D eigenvalue weighted by molar-refractivity contribution is 5.98. The van der Waals surface area contributed by atoms with Crippen molar-refractivity contribution in [3.63, 3.8) is 0 Å². The Kier molecular flexibility index (Phi) is 4.28. The molecule has 0 spiro atoms. The molecule has 2 amide bonds. The SMILES string of the molecule is CC(C)(C)OC(=O)N1CCCC1C(=O)Nc1ccc2[nH]c(=O)[nH]c2c1. The van der Waals surface area contributed by atoms with Gasteiger partial charge in [-0.3, -0.25) is 9.69 Å². The number of nitrogens with zero attached hydrogens (tertiary/aromatic N) is 1. The Hall–Kier alpha value is -2.77. The van der Waals surface area contributed by atoms with Crippen molar-refractivity contribution in [2.45, 2.75) is 45.3 Å². The number of anilines is 1. The van der Waals surface area contributed by atoms with Gasteiger partial charge in [0.25, 0.3) is 0 Å². The lowest BCUT2D eigenvalue weighted by atomic mass is 10.2. The Morgan fingerprint density at radius 3 is 2.68 bits per heavy atom. The maximum Gasteiger partial charge on any atom is 0.410 e. The van der Waals surface area contributed by atoms with Crippen LogP contribution in [0, 0.1) is 0 Å². The minimum Gasteiger partial charge on any atom is -0.444 e. The lowest BCUT2D eigenvalue weighted by molar-refractivity contribution is -0.120. The molecule has 1 unspecified atom stereocenters. The Morgan fingerprint density at radius 1 is 1.24 bits per heavy atom. The minimum absolute atomic E-state index is 0.263. The zero-order valence-corrected chi connectivity index (χ0v) is 14.5. The fourth-order valence-electron chi connectivity index (χ4n) is 2.91.